The monoisotopic (exact) mass is 444 g/mol. The number of carbonyl (C=O) groups is 1. The van der Waals surface area contributed by atoms with Crippen LogP contribution in [0.25, 0.3) is 0 Å². The summed E-state index contributed by atoms with van der Waals surface area (Å²) < 4.78 is 6.42. The quantitative estimate of drug-likeness (QED) is 0.483. The second kappa shape index (κ2) is 8.91. The van der Waals surface area contributed by atoms with Crippen molar-refractivity contribution < 1.29 is 9.53 Å². The van der Waals surface area contributed by atoms with Crippen molar-refractivity contribution in [2.24, 2.45) is 5.10 Å². The Balaban J connectivity index is 1.87. The molecule has 150 valence electrons. The Bertz CT molecular complexity index is 844. The van der Waals surface area contributed by atoms with E-state index >= 15 is 0 Å². The van der Waals surface area contributed by atoms with Gasteiger partial charge in [-0.15, -0.1) is 0 Å². The third kappa shape index (κ3) is 6.48. The molecule has 0 heterocycles. The van der Waals surface area contributed by atoms with Crippen LogP contribution >= 0.6 is 15.9 Å². The molecule has 0 fully saturated rings. The molecule has 1 amide bonds. The Morgan fingerprint density at radius 3 is 2.11 bits per heavy atom. The SMILES string of the molecule is CC(C)(C)c1ccc(/C=N/NC(=O)COc2ccc(C(C)(C)C)cc2Br)cc1. The number of rotatable bonds is 5. The summed E-state index contributed by atoms with van der Waals surface area (Å²) in [5.41, 5.74) is 6.03. The Morgan fingerprint density at radius 2 is 1.57 bits per heavy atom. The summed E-state index contributed by atoms with van der Waals surface area (Å²) in [6.45, 7) is 12.9. The highest BCUT2D eigenvalue weighted by Crippen LogP contribution is 2.31. The van der Waals surface area contributed by atoms with Crippen molar-refractivity contribution in [1.82, 2.24) is 5.43 Å². The molecule has 1 N–H and O–H groups in total. The van der Waals surface area contributed by atoms with Gasteiger partial charge in [-0.1, -0.05) is 71.9 Å². The first-order valence-corrected chi connectivity index (χ1v) is 10.1. The molecule has 2 rings (SSSR count). The van der Waals surface area contributed by atoms with Crippen molar-refractivity contribution in [3.8, 4) is 5.75 Å². The first-order valence-electron chi connectivity index (χ1n) is 9.32. The zero-order valence-electron chi connectivity index (χ0n) is 17.5. The first kappa shape index (κ1) is 22.2. The van der Waals surface area contributed by atoms with Gasteiger partial charge in [-0.2, -0.15) is 5.10 Å². The fourth-order valence-corrected chi connectivity index (χ4v) is 3.00. The molecule has 0 atom stereocenters. The van der Waals surface area contributed by atoms with Crippen LogP contribution in [0.15, 0.2) is 52.0 Å². The number of nitrogens with zero attached hydrogens (tertiary/aromatic N) is 1. The molecular weight excluding hydrogens is 416 g/mol. The molecule has 5 heteroatoms. The minimum atomic E-state index is -0.311. The lowest BCUT2D eigenvalue weighted by molar-refractivity contribution is -0.123. The van der Waals surface area contributed by atoms with E-state index < -0.39 is 0 Å². The van der Waals surface area contributed by atoms with Gasteiger partial charge in [-0.25, -0.2) is 5.43 Å². The van der Waals surface area contributed by atoms with E-state index in [1.54, 1.807) is 6.21 Å². The largest absolute Gasteiger partial charge is 0.483 e. The highest BCUT2D eigenvalue weighted by molar-refractivity contribution is 9.10. The van der Waals surface area contributed by atoms with Crippen LogP contribution in [0.2, 0.25) is 0 Å². The van der Waals surface area contributed by atoms with Crippen LogP contribution in [0.4, 0.5) is 0 Å². The van der Waals surface area contributed by atoms with Crippen LogP contribution in [0.3, 0.4) is 0 Å². The highest BCUT2D eigenvalue weighted by atomic mass is 79.9. The van der Waals surface area contributed by atoms with Crippen LogP contribution in [-0.4, -0.2) is 18.7 Å². The van der Waals surface area contributed by atoms with Crippen molar-refractivity contribution in [1.29, 1.82) is 0 Å². The van der Waals surface area contributed by atoms with Crippen molar-refractivity contribution in [2.45, 2.75) is 52.4 Å². The molecule has 28 heavy (non-hydrogen) atoms. The summed E-state index contributed by atoms with van der Waals surface area (Å²) in [6, 6.07) is 14.0. The van der Waals surface area contributed by atoms with Crippen LogP contribution < -0.4 is 10.2 Å². The molecule has 0 aliphatic heterocycles. The average Bonchev–Trinajstić information content (AvgIpc) is 2.59. The van der Waals surface area contributed by atoms with Crippen LogP contribution in [0, 0.1) is 0 Å². The third-order valence-corrected chi connectivity index (χ3v) is 4.96. The topological polar surface area (TPSA) is 50.7 Å². The smallest absolute Gasteiger partial charge is 0.277 e. The number of nitrogens with one attached hydrogen (secondary N) is 1. The number of benzene rings is 2. The van der Waals surface area contributed by atoms with Gasteiger partial charge in [-0.05, 0) is 55.6 Å². The van der Waals surface area contributed by atoms with Gasteiger partial charge < -0.3 is 4.74 Å². The molecule has 0 radical (unpaired) electrons. The van der Waals surface area contributed by atoms with Crippen LogP contribution in [0.5, 0.6) is 5.75 Å². The second-order valence-corrected chi connectivity index (χ2v) is 9.70. The predicted molar refractivity (Wildman–Crippen MR) is 119 cm³/mol. The van der Waals surface area contributed by atoms with E-state index in [-0.39, 0.29) is 23.3 Å². The summed E-state index contributed by atoms with van der Waals surface area (Å²) in [6.07, 6.45) is 1.62. The molecule has 4 nitrogen and oxygen atoms in total. The van der Waals surface area contributed by atoms with Crippen molar-refractivity contribution in [3.05, 3.63) is 63.6 Å². The maximum Gasteiger partial charge on any atom is 0.277 e. The van der Waals surface area contributed by atoms with Gasteiger partial charge in [0.1, 0.15) is 5.75 Å². The number of hydrogen-bond acceptors (Lipinski definition) is 3. The molecule has 0 saturated heterocycles. The molecule has 0 aliphatic rings. The molecule has 0 saturated carbocycles. The number of hydrazone groups is 1. The zero-order chi connectivity index (χ0) is 20.9. The Morgan fingerprint density at radius 1 is 1.00 bits per heavy atom. The molecule has 0 spiro atoms. The van der Waals surface area contributed by atoms with Gasteiger partial charge >= 0.3 is 0 Å². The first-order chi connectivity index (χ1) is 13.0. The molecule has 0 aromatic heterocycles. The number of amides is 1. The lowest BCUT2D eigenvalue weighted by Crippen LogP contribution is -2.24. The molecule has 0 bridgehead atoms. The van der Waals surface area contributed by atoms with E-state index in [4.69, 9.17) is 4.74 Å². The molecule has 2 aromatic carbocycles. The van der Waals surface area contributed by atoms with Gasteiger partial charge in [0.15, 0.2) is 6.61 Å². The normalized spacial score (nSPS) is 12.2. The van der Waals surface area contributed by atoms with Gasteiger partial charge in [0.25, 0.3) is 5.91 Å². The third-order valence-electron chi connectivity index (χ3n) is 4.34. The van der Waals surface area contributed by atoms with E-state index in [9.17, 15) is 4.79 Å². The second-order valence-electron chi connectivity index (χ2n) is 8.85. The maximum atomic E-state index is 12.0. The standard InChI is InChI=1S/C23H29BrN2O2/c1-22(2,3)17-9-7-16(8-10-17)14-25-26-21(27)15-28-20-12-11-18(13-19(20)24)23(4,5)6/h7-14H,15H2,1-6H3,(H,26,27)/b25-14+. The summed E-state index contributed by atoms with van der Waals surface area (Å²) in [7, 11) is 0. The minimum absolute atomic E-state index is 0.0538. The summed E-state index contributed by atoms with van der Waals surface area (Å²) in [5, 5.41) is 4.00. The highest BCUT2D eigenvalue weighted by Gasteiger charge is 2.16. The van der Waals surface area contributed by atoms with Crippen LogP contribution in [0.1, 0.15) is 58.2 Å². The number of carbonyl (C=O) groups excluding carboxylic acids is 1. The number of halogens is 1. The molecule has 2 aromatic rings. The van der Waals surface area contributed by atoms with E-state index in [2.05, 4.69) is 80.1 Å². The van der Waals surface area contributed by atoms with E-state index in [1.807, 2.05) is 30.3 Å². The Labute approximate surface area is 176 Å². The van der Waals surface area contributed by atoms with Gasteiger partial charge in [0.05, 0.1) is 10.7 Å². The van der Waals surface area contributed by atoms with Gasteiger partial charge in [0.2, 0.25) is 0 Å². The fraction of sp³-hybridized carbons (Fsp3) is 0.391. The Hall–Kier alpha value is -2.14. The van der Waals surface area contributed by atoms with Gasteiger partial charge in [0, 0.05) is 0 Å². The van der Waals surface area contributed by atoms with Crippen LogP contribution in [-0.2, 0) is 15.6 Å². The average molecular weight is 445 g/mol. The summed E-state index contributed by atoms with van der Waals surface area (Å²) in [4.78, 5) is 12.0. The van der Waals surface area contributed by atoms with E-state index in [1.165, 1.54) is 11.1 Å². The maximum absolute atomic E-state index is 12.0. The van der Waals surface area contributed by atoms with Crippen molar-refractivity contribution >= 4 is 28.1 Å². The molecular formula is C23H29BrN2O2. The molecule has 0 aliphatic carbocycles. The van der Waals surface area contributed by atoms with Crippen molar-refractivity contribution in [3.63, 3.8) is 0 Å². The summed E-state index contributed by atoms with van der Waals surface area (Å²) >= 11 is 3.51. The van der Waals surface area contributed by atoms with E-state index in [0.29, 0.717) is 5.75 Å². The number of hydrogen-bond donors (Lipinski definition) is 1. The predicted octanol–water partition coefficient (Wildman–Crippen LogP) is 5.57. The zero-order valence-corrected chi connectivity index (χ0v) is 19.1. The van der Waals surface area contributed by atoms with Gasteiger partial charge in [-0.3, -0.25) is 4.79 Å². The fourth-order valence-electron chi connectivity index (χ4n) is 2.51. The lowest BCUT2D eigenvalue weighted by atomic mass is 9.87. The minimum Gasteiger partial charge on any atom is -0.483 e. The molecule has 0 unspecified atom stereocenters. The summed E-state index contributed by atoms with van der Waals surface area (Å²) in [5.74, 6) is 0.319. The number of ether oxygens (including phenoxy) is 1. The van der Waals surface area contributed by atoms with E-state index in [0.717, 1.165) is 10.0 Å². The Kier molecular flexibility index (Phi) is 7.05. The lowest BCUT2D eigenvalue weighted by Gasteiger charge is -2.20. The van der Waals surface area contributed by atoms with Crippen molar-refractivity contribution in [2.75, 3.05) is 6.61 Å².